The molecule has 0 saturated carbocycles. The Balaban J connectivity index is 1.39. The molecule has 29 heavy (non-hydrogen) atoms. The van der Waals surface area contributed by atoms with E-state index < -0.39 is 0 Å². The Labute approximate surface area is 167 Å². The molecule has 2 aromatic carbocycles. The summed E-state index contributed by atoms with van der Waals surface area (Å²) in [6.45, 7) is 1.75. The number of halogens is 1. The summed E-state index contributed by atoms with van der Waals surface area (Å²) in [7, 11) is 0. The number of carbonyl (C=O) groups is 1. The van der Waals surface area contributed by atoms with E-state index in [-0.39, 0.29) is 23.5 Å². The second-order valence-electron chi connectivity index (χ2n) is 7.23. The SMILES string of the molecule is O=C(c1ccc(-c2ccc(F)cc2)o1)N1CCC[C@H]1c1ccc2c(c1)OCCO2. The number of nitrogens with zero attached hydrogens (tertiary/aromatic N) is 1. The van der Waals surface area contributed by atoms with Crippen molar-refractivity contribution in [1.82, 2.24) is 4.90 Å². The summed E-state index contributed by atoms with van der Waals surface area (Å²) >= 11 is 0. The summed E-state index contributed by atoms with van der Waals surface area (Å²) in [5, 5.41) is 0. The van der Waals surface area contributed by atoms with Gasteiger partial charge in [-0.25, -0.2) is 4.39 Å². The standard InChI is InChI=1S/C23H20FNO4/c24-17-6-3-15(4-7-17)19-9-10-21(29-19)23(26)25-11-1-2-18(25)16-5-8-20-22(14-16)28-13-12-27-20/h3-10,14,18H,1-2,11-13H2/t18-/m0/s1. The molecule has 0 spiro atoms. The van der Waals surface area contributed by atoms with Crippen LogP contribution in [0, 0.1) is 5.82 Å². The molecular weight excluding hydrogens is 373 g/mol. The summed E-state index contributed by atoms with van der Waals surface area (Å²) in [5.41, 5.74) is 1.76. The molecular formula is C23H20FNO4. The van der Waals surface area contributed by atoms with Crippen molar-refractivity contribution in [2.75, 3.05) is 19.8 Å². The minimum Gasteiger partial charge on any atom is -0.486 e. The molecule has 1 saturated heterocycles. The first kappa shape index (κ1) is 17.8. The van der Waals surface area contributed by atoms with E-state index in [9.17, 15) is 9.18 Å². The van der Waals surface area contributed by atoms with E-state index in [4.69, 9.17) is 13.9 Å². The van der Waals surface area contributed by atoms with Gasteiger partial charge in [-0.2, -0.15) is 0 Å². The quantitative estimate of drug-likeness (QED) is 0.639. The van der Waals surface area contributed by atoms with Crippen LogP contribution in [0.2, 0.25) is 0 Å². The first-order valence-electron chi connectivity index (χ1n) is 9.75. The lowest BCUT2D eigenvalue weighted by Crippen LogP contribution is -2.30. The molecule has 3 heterocycles. The number of furan rings is 1. The number of hydrogen-bond acceptors (Lipinski definition) is 4. The van der Waals surface area contributed by atoms with Crippen molar-refractivity contribution in [3.05, 3.63) is 71.7 Å². The largest absolute Gasteiger partial charge is 0.486 e. The van der Waals surface area contributed by atoms with Crippen LogP contribution in [-0.4, -0.2) is 30.6 Å². The van der Waals surface area contributed by atoms with Crippen LogP contribution in [-0.2, 0) is 0 Å². The molecule has 3 aromatic rings. The van der Waals surface area contributed by atoms with Crippen molar-refractivity contribution in [1.29, 1.82) is 0 Å². The zero-order chi connectivity index (χ0) is 19.8. The molecule has 5 rings (SSSR count). The molecule has 1 atom stereocenters. The fraction of sp³-hybridized carbons (Fsp3) is 0.261. The van der Waals surface area contributed by atoms with Crippen LogP contribution < -0.4 is 9.47 Å². The van der Waals surface area contributed by atoms with Crippen LogP contribution in [0.5, 0.6) is 11.5 Å². The fourth-order valence-corrected chi connectivity index (χ4v) is 3.99. The third-order valence-electron chi connectivity index (χ3n) is 5.41. The highest BCUT2D eigenvalue weighted by atomic mass is 19.1. The van der Waals surface area contributed by atoms with Gasteiger partial charge in [0, 0.05) is 12.1 Å². The van der Waals surface area contributed by atoms with Crippen molar-refractivity contribution in [2.24, 2.45) is 0 Å². The zero-order valence-corrected chi connectivity index (χ0v) is 15.8. The molecule has 0 N–H and O–H groups in total. The van der Waals surface area contributed by atoms with E-state index in [1.54, 1.807) is 24.3 Å². The Hall–Kier alpha value is -3.28. The lowest BCUT2D eigenvalue weighted by molar-refractivity contribution is 0.0703. The van der Waals surface area contributed by atoms with Gasteiger partial charge in [0.1, 0.15) is 24.8 Å². The van der Waals surface area contributed by atoms with Crippen molar-refractivity contribution in [3.8, 4) is 22.8 Å². The molecule has 0 unspecified atom stereocenters. The van der Waals surface area contributed by atoms with Gasteiger partial charge in [-0.3, -0.25) is 4.79 Å². The monoisotopic (exact) mass is 393 g/mol. The predicted molar refractivity (Wildman–Crippen MR) is 105 cm³/mol. The van der Waals surface area contributed by atoms with Crippen LogP contribution in [0.1, 0.15) is 35.0 Å². The number of carbonyl (C=O) groups excluding carboxylic acids is 1. The normalized spacial score (nSPS) is 18.1. The van der Waals surface area contributed by atoms with Crippen LogP contribution >= 0.6 is 0 Å². The van der Waals surface area contributed by atoms with Gasteiger partial charge in [0.05, 0.1) is 6.04 Å². The molecule has 1 fully saturated rings. The molecule has 148 valence electrons. The first-order chi connectivity index (χ1) is 14.2. The van der Waals surface area contributed by atoms with Crippen LogP contribution in [0.25, 0.3) is 11.3 Å². The van der Waals surface area contributed by atoms with E-state index >= 15 is 0 Å². The van der Waals surface area contributed by atoms with Gasteiger partial charge in [-0.15, -0.1) is 0 Å². The summed E-state index contributed by atoms with van der Waals surface area (Å²) in [6.07, 6.45) is 1.81. The minimum absolute atomic E-state index is 0.0299. The van der Waals surface area contributed by atoms with Gasteiger partial charge in [-0.05, 0) is 66.9 Å². The molecule has 0 bridgehead atoms. The highest BCUT2D eigenvalue weighted by Crippen LogP contribution is 2.39. The highest BCUT2D eigenvalue weighted by Gasteiger charge is 2.33. The summed E-state index contributed by atoms with van der Waals surface area (Å²) < 4.78 is 30.2. The van der Waals surface area contributed by atoms with Crippen LogP contribution in [0.15, 0.2) is 59.0 Å². The van der Waals surface area contributed by atoms with Gasteiger partial charge in [0.25, 0.3) is 5.91 Å². The molecule has 2 aliphatic heterocycles. The summed E-state index contributed by atoms with van der Waals surface area (Å²) in [5.74, 6) is 1.85. The van der Waals surface area contributed by atoms with Crippen LogP contribution in [0.3, 0.4) is 0 Å². The number of fused-ring (bicyclic) bond motifs is 1. The van der Waals surface area contributed by atoms with Crippen LogP contribution in [0.4, 0.5) is 4.39 Å². The maximum atomic E-state index is 13.1. The van der Waals surface area contributed by atoms with Gasteiger partial charge in [0.2, 0.25) is 0 Å². The zero-order valence-electron chi connectivity index (χ0n) is 15.8. The van der Waals surface area contributed by atoms with Crippen molar-refractivity contribution >= 4 is 5.91 Å². The summed E-state index contributed by atoms with van der Waals surface area (Å²) in [6, 6.07) is 15.3. The van der Waals surface area contributed by atoms with Crippen molar-refractivity contribution in [3.63, 3.8) is 0 Å². The maximum Gasteiger partial charge on any atom is 0.290 e. The maximum absolute atomic E-state index is 13.1. The molecule has 5 nitrogen and oxygen atoms in total. The minimum atomic E-state index is -0.309. The molecule has 1 aromatic heterocycles. The second kappa shape index (κ2) is 7.28. The van der Waals surface area contributed by atoms with Gasteiger partial charge in [-0.1, -0.05) is 6.07 Å². The second-order valence-corrected chi connectivity index (χ2v) is 7.23. The predicted octanol–water partition coefficient (Wildman–Crippen LogP) is 4.83. The molecule has 6 heteroatoms. The molecule has 2 aliphatic rings. The smallest absolute Gasteiger partial charge is 0.290 e. The number of amides is 1. The molecule has 1 amide bonds. The Morgan fingerprint density at radius 1 is 0.966 bits per heavy atom. The van der Waals surface area contributed by atoms with E-state index in [0.29, 0.717) is 25.5 Å². The summed E-state index contributed by atoms with van der Waals surface area (Å²) in [4.78, 5) is 15.0. The number of benzene rings is 2. The lowest BCUT2D eigenvalue weighted by atomic mass is 10.0. The van der Waals surface area contributed by atoms with Gasteiger partial charge < -0.3 is 18.8 Å². The topological polar surface area (TPSA) is 51.9 Å². The van der Waals surface area contributed by atoms with E-state index in [0.717, 1.165) is 35.5 Å². The average molecular weight is 393 g/mol. The van der Waals surface area contributed by atoms with Gasteiger partial charge >= 0.3 is 0 Å². The first-order valence-corrected chi connectivity index (χ1v) is 9.75. The number of hydrogen-bond donors (Lipinski definition) is 0. The highest BCUT2D eigenvalue weighted by molar-refractivity contribution is 5.92. The Bertz CT molecular complexity index is 1040. The average Bonchev–Trinajstić information content (AvgIpc) is 3.44. The fourth-order valence-electron chi connectivity index (χ4n) is 3.99. The van der Waals surface area contributed by atoms with E-state index in [2.05, 4.69) is 0 Å². The Morgan fingerprint density at radius 2 is 1.76 bits per heavy atom. The third kappa shape index (κ3) is 3.35. The van der Waals surface area contributed by atoms with E-state index in [1.165, 1.54) is 12.1 Å². The molecule has 0 radical (unpaired) electrons. The van der Waals surface area contributed by atoms with Crippen molar-refractivity contribution in [2.45, 2.75) is 18.9 Å². The van der Waals surface area contributed by atoms with Gasteiger partial charge in [0.15, 0.2) is 17.3 Å². The number of likely N-dealkylation sites (tertiary alicyclic amines) is 1. The third-order valence-corrected chi connectivity index (χ3v) is 5.41. The lowest BCUT2D eigenvalue weighted by Gasteiger charge is -2.26. The Kier molecular flexibility index (Phi) is 4.46. The van der Waals surface area contributed by atoms with E-state index in [1.807, 2.05) is 23.1 Å². The molecule has 0 aliphatic carbocycles. The number of ether oxygens (including phenoxy) is 2. The van der Waals surface area contributed by atoms with Crippen molar-refractivity contribution < 1.29 is 23.1 Å². The number of rotatable bonds is 3. The Morgan fingerprint density at radius 3 is 2.59 bits per heavy atom.